The first-order valence-electron chi connectivity index (χ1n) is 6.32. The summed E-state index contributed by atoms with van der Waals surface area (Å²) in [6, 6.07) is 10.9. The highest BCUT2D eigenvalue weighted by Gasteiger charge is 2.08. The Morgan fingerprint density at radius 2 is 2.00 bits per heavy atom. The van der Waals surface area contributed by atoms with Gasteiger partial charge < -0.3 is 9.73 Å². The molecule has 0 amide bonds. The van der Waals surface area contributed by atoms with Crippen LogP contribution in [0, 0.1) is 0 Å². The number of aromatic nitrogens is 3. The Morgan fingerprint density at radius 3 is 2.85 bits per heavy atom. The van der Waals surface area contributed by atoms with Crippen molar-refractivity contribution in [3.63, 3.8) is 0 Å². The maximum absolute atomic E-state index is 12.3. The lowest BCUT2D eigenvalue weighted by Gasteiger charge is -2.02. The van der Waals surface area contributed by atoms with Gasteiger partial charge in [-0.2, -0.15) is 0 Å². The third-order valence-corrected chi connectivity index (χ3v) is 3.00. The third kappa shape index (κ3) is 2.33. The number of benzene rings is 1. The lowest BCUT2D eigenvalue weighted by atomic mass is 10.2. The molecule has 6 heteroatoms. The number of rotatable bonds is 4. The van der Waals surface area contributed by atoms with Crippen LogP contribution in [0.15, 0.2) is 45.6 Å². The zero-order valence-corrected chi connectivity index (χ0v) is 11.0. The van der Waals surface area contributed by atoms with Crippen LogP contribution in [0.1, 0.15) is 11.5 Å². The number of furan rings is 1. The van der Waals surface area contributed by atoms with Crippen LogP contribution in [-0.4, -0.2) is 22.0 Å². The summed E-state index contributed by atoms with van der Waals surface area (Å²) in [5.74, 6) is 1.51. The van der Waals surface area contributed by atoms with Gasteiger partial charge in [-0.3, -0.25) is 4.79 Å². The van der Waals surface area contributed by atoms with Crippen molar-refractivity contribution in [1.82, 2.24) is 20.3 Å². The molecule has 0 saturated carbocycles. The van der Waals surface area contributed by atoms with E-state index in [1.807, 2.05) is 31.3 Å². The number of nitrogens with zero attached hydrogens (tertiary/aromatic N) is 3. The van der Waals surface area contributed by atoms with Gasteiger partial charge in [0.05, 0.1) is 11.9 Å². The van der Waals surface area contributed by atoms with Gasteiger partial charge in [0.25, 0.3) is 5.56 Å². The summed E-state index contributed by atoms with van der Waals surface area (Å²) in [4.78, 5) is 12.3. The Kier molecular flexibility index (Phi) is 3.30. The van der Waals surface area contributed by atoms with Crippen molar-refractivity contribution in [3.05, 3.63) is 58.3 Å². The average molecular weight is 270 g/mol. The van der Waals surface area contributed by atoms with Crippen LogP contribution in [0.25, 0.3) is 10.9 Å². The van der Waals surface area contributed by atoms with Crippen LogP contribution in [0.4, 0.5) is 0 Å². The molecule has 0 atom stereocenters. The van der Waals surface area contributed by atoms with Crippen molar-refractivity contribution < 1.29 is 4.42 Å². The van der Waals surface area contributed by atoms with Crippen LogP contribution >= 0.6 is 0 Å². The third-order valence-electron chi connectivity index (χ3n) is 3.00. The first-order valence-corrected chi connectivity index (χ1v) is 6.32. The van der Waals surface area contributed by atoms with Crippen molar-refractivity contribution in [2.75, 3.05) is 7.05 Å². The minimum atomic E-state index is -0.165. The van der Waals surface area contributed by atoms with Crippen LogP contribution in [0.3, 0.4) is 0 Å². The minimum absolute atomic E-state index is 0.165. The Morgan fingerprint density at radius 1 is 1.20 bits per heavy atom. The van der Waals surface area contributed by atoms with Gasteiger partial charge >= 0.3 is 0 Å². The molecule has 2 aromatic heterocycles. The van der Waals surface area contributed by atoms with E-state index in [4.69, 9.17) is 4.42 Å². The molecule has 0 radical (unpaired) electrons. The Hall–Kier alpha value is -2.47. The second-order valence-electron chi connectivity index (χ2n) is 4.47. The fourth-order valence-corrected chi connectivity index (χ4v) is 2.05. The molecule has 0 aliphatic rings. The molecule has 1 aromatic carbocycles. The normalized spacial score (nSPS) is 11.1. The molecule has 6 nitrogen and oxygen atoms in total. The van der Waals surface area contributed by atoms with E-state index in [0.29, 0.717) is 23.2 Å². The molecule has 0 unspecified atom stereocenters. The molecular formula is C14H14N4O2. The molecule has 20 heavy (non-hydrogen) atoms. The van der Waals surface area contributed by atoms with Crippen molar-refractivity contribution in [2.45, 2.75) is 13.1 Å². The van der Waals surface area contributed by atoms with Crippen LogP contribution < -0.4 is 10.9 Å². The van der Waals surface area contributed by atoms with Crippen LogP contribution in [-0.2, 0) is 13.1 Å². The van der Waals surface area contributed by atoms with Gasteiger partial charge in [0, 0.05) is 0 Å². The summed E-state index contributed by atoms with van der Waals surface area (Å²) in [6.45, 7) is 0.929. The minimum Gasteiger partial charge on any atom is -0.463 e. The van der Waals surface area contributed by atoms with Gasteiger partial charge in [0.2, 0.25) is 0 Å². The number of hydrogen-bond donors (Lipinski definition) is 1. The van der Waals surface area contributed by atoms with E-state index in [1.165, 1.54) is 4.68 Å². The smallest absolute Gasteiger partial charge is 0.278 e. The number of nitrogens with one attached hydrogen (secondary N) is 1. The van der Waals surface area contributed by atoms with E-state index in [9.17, 15) is 4.79 Å². The lowest BCUT2D eigenvalue weighted by molar-refractivity contribution is 0.427. The van der Waals surface area contributed by atoms with Gasteiger partial charge in [-0.1, -0.05) is 17.3 Å². The van der Waals surface area contributed by atoms with Crippen molar-refractivity contribution in [2.24, 2.45) is 0 Å². The summed E-state index contributed by atoms with van der Waals surface area (Å²) in [5.41, 5.74) is 0.436. The van der Waals surface area contributed by atoms with E-state index < -0.39 is 0 Å². The molecule has 102 valence electrons. The molecule has 3 aromatic rings. The molecule has 0 bridgehead atoms. The largest absolute Gasteiger partial charge is 0.463 e. The van der Waals surface area contributed by atoms with Gasteiger partial charge in [-0.25, -0.2) is 4.68 Å². The van der Waals surface area contributed by atoms with E-state index >= 15 is 0 Å². The molecular weight excluding hydrogens is 256 g/mol. The molecule has 0 aliphatic heterocycles. The predicted octanol–water partition coefficient (Wildman–Crippen LogP) is 1.15. The summed E-state index contributed by atoms with van der Waals surface area (Å²) < 4.78 is 6.91. The molecule has 0 spiro atoms. The fourth-order valence-electron chi connectivity index (χ4n) is 2.05. The van der Waals surface area contributed by atoms with Gasteiger partial charge in [0.15, 0.2) is 0 Å². The molecule has 3 rings (SSSR count). The van der Waals surface area contributed by atoms with E-state index in [-0.39, 0.29) is 12.1 Å². The summed E-state index contributed by atoms with van der Waals surface area (Å²) in [6.07, 6.45) is 0. The Labute approximate surface area is 115 Å². The highest BCUT2D eigenvalue weighted by Crippen LogP contribution is 2.09. The van der Waals surface area contributed by atoms with E-state index in [1.54, 1.807) is 12.1 Å². The zero-order valence-electron chi connectivity index (χ0n) is 11.0. The summed E-state index contributed by atoms with van der Waals surface area (Å²) in [5, 5.41) is 11.5. The maximum atomic E-state index is 12.3. The van der Waals surface area contributed by atoms with Crippen molar-refractivity contribution in [1.29, 1.82) is 0 Å². The Balaban J connectivity index is 1.94. The molecule has 0 fully saturated rings. The zero-order chi connectivity index (χ0) is 13.9. The summed E-state index contributed by atoms with van der Waals surface area (Å²) in [7, 11) is 1.85. The lowest BCUT2D eigenvalue weighted by Crippen LogP contribution is -2.24. The maximum Gasteiger partial charge on any atom is 0.278 e. The van der Waals surface area contributed by atoms with Crippen molar-refractivity contribution in [3.8, 4) is 0 Å². The van der Waals surface area contributed by atoms with Gasteiger partial charge in [-0.05, 0) is 31.3 Å². The first-order chi connectivity index (χ1) is 9.78. The predicted molar refractivity (Wildman–Crippen MR) is 74.4 cm³/mol. The highest BCUT2D eigenvalue weighted by molar-refractivity contribution is 5.76. The van der Waals surface area contributed by atoms with E-state index in [2.05, 4.69) is 15.6 Å². The van der Waals surface area contributed by atoms with Gasteiger partial charge in [0.1, 0.15) is 23.6 Å². The highest BCUT2D eigenvalue weighted by atomic mass is 16.3. The van der Waals surface area contributed by atoms with Crippen LogP contribution in [0.2, 0.25) is 0 Å². The van der Waals surface area contributed by atoms with E-state index in [0.717, 1.165) is 5.76 Å². The Bertz CT molecular complexity index is 791. The summed E-state index contributed by atoms with van der Waals surface area (Å²) >= 11 is 0. The molecule has 2 heterocycles. The second-order valence-corrected chi connectivity index (χ2v) is 4.47. The quantitative estimate of drug-likeness (QED) is 0.770. The molecule has 1 N–H and O–H groups in total. The molecule has 0 saturated heterocycles. The van der Waals surface area contributed by atoms with Crippen molar-refractivity contribution >= 4 is 10.9 Å². The first kappa shape index (κ1) is 12.6. The SMILES string of the molecule is CNCc1ccc(Cn2nnc3ccccc3c2=O)o1. The topological polar surface area (TPSA) is 73.0 Å². The standard InChI is InChI=1S/C14H14N4O2/c1-15-8-10-6-7-11(20-10)9-18-14(19)12-4-2-3-5-13(12)16-17-18/h2-7,15H,8-9H2,1H3. The fraction of sp³-hybridized carbons (Fsp3) is 0.214. The molecule has 0 aliphatic carbocycles. The number of hydrogen-bond acceptors (Lipinski definition) is 5. The monoisotopic (exact) mass is 270 g/mol. The van der Waals surface area contributed by atoms with Crippen LogP contribution in [0.5, 0.6) is 0 Å². The van der Waals surface area contributed by atoms with Gasteiger partial charge in [-0.15, -0.1) is 5.10 Å². The second kappa shape index (κ2) is 5.26. The number of fused-ring (bicyclic) bond motifs is 1. The average Bonchev–Trinajstić information content (AvgIpc) is 2.90.